The number of imidazole rings is 1. The summed E-state index contributed by atoms with van der Waals surface area (Å²) < 4.78 is 0. The van der Waals surface area contributed by atoms with Crippen molar-refractivity contribution in [1.29, 1.82) is 0 Å². The molecule has 0 aromatic carbocycles. The molecule has 1 fully saturated rings. The molecule has 26 heavy (non-hydrogen) atoms. The van der Waals surface area contributed by atoms with E-state index in [9.17, 15) is 4.79 Å². The second-order valence-corrected chi connectivity index (χ2v) is 6.43. The Kier molecular flexibility index (Phi) is 5.11. The molecule has 1 unspecified atom stereocenters. The maximum absolute atomic E-state index is 11.1. The summed E-state index contributed by atoms with van der Waals surface area (Å²) in [6, 6.07) is 0.0760. The predicted octanol–water partition coefficient (Wildman–Crippen LogP) is 3.03. The largest absolute Gasteiger partial charge is 0.481 e. The van der Waals surface area contributed by atoms with Crippen molar-refractivity contribution < 1.29 is 9.90 Å². The zero-order chi connectivity index (χ0) is 18.7. The maximum atomic E-state index is 11.1. The van der Waals surface area contributed by atoms with Gasteiger partial charge in [-0.05, 0) is 33.1 Å². The normalized spacial score (nSPS) is 20.8. The van der Waals surface area contributed by atoms with E-state index in [-0.39, 0.29) is 12.0 Å². The highest BCUT2D eigenvalue weighted by Crippen LogP contribution is 2.29. The van der Waals surface area contributed by atoms with Crippen molar-refractivity contribution in [2.24, 2.45) is 10.9 Å². The van der Waals surface area contributed by atoms with Crippen molar-refractivity contribution in [1.82, 2.24) is 19.9 Å². The smallest absolute Gasteiger partial charge is 0.306 e. The van der Waals surface area contributed by atoms with Gasteiger partial charge in [0.2, 0.25) is 0 Å². The van der Waals surface area contributed by atoms with Gasteiger partial charge in [0.25, 0.3) is 0 Å². The Bertz CT molecular complexity index is 898. The fourth-order valence-electron chi connectivity index (χ4n) is 3.06. The molecule has 136 valence electrons. The van der Waals surface area contributed by atoms with Crippen LogP contribution in [0, 0.1) is 5.92 Å². The number of allylic oxidation sites excluding steroid dienone is 3. The molecule has 0 spiro atoms. The summed E-state index contributed by atoms with van der Waals surface area (Å²) in [5, 5.41) is 12.5. The van der Waals surface area contributed by atoms with Gasteiger partial charge in [-0.15, -0.1) is 0 Å². The molecule has 2 heterocycles. The van der Waals surface area contributed by atoms with Gasteiger partial charge in [0, 0.05) is 23.5 Å². The van der Waals surface area contributed by atoms with Crippen LogP contribution in [0.15, 0.2) is 29.7 Å². The number of hydrogen-bond acceptors (Lipinski definition) is 6. The molecule has 8 nitrogen and oxygen atoms in total. The Labute approximate surface area is 151 Å². The summed E-state index contributed by atoms with van der Waals surface area (Å²) in [5.41, 5.74) is 2.78. The van der Waals surface area contributed by atoms with E-state index in [1.807, 2.05) is 19.9 Å². The predicted molar refractivity (Wildman–Crippen MR) is 101 cm³/mol. The van der Waals surface area contributed by atoms with Gasteiger partial charge in [-0.1, -0.05) is 12.7 Å². The number of carboxylic acids is 1. The number of aliphatic imine (C=N–C) groups is 1. The van der Waals surface area contributed by atoms with Crippen molar-refractivity contribution in [3.63, 3.8) is 0 Å². The number of carbonyl (C=O) groups is 1. The lowest BCUT2D eigenvalue weighted by molar-refractivity contribution is -0.141. The molecule has 1 aliphatic rings. The van der Waals surface area contributed by atoms with E-state index >= 15 is 0 Å². The number of nitrogens with one attached hydrogen (secondary N) is 2. The number of carboxylic acid groups (broad SMARTS) is 1. The molecule has 0 radical (unpaired) electrons. The van der Waals surface area contributed by atoms with Crippen molar-refractivity contribution >= 4 is 34.7 Å². The SMILES string of the molecule is C=C(C)N=C/C(=C\C)c1nc2ncnc(NC3CC[C@H](C(=O)O)C3)c2[nH]1. The van der Waals surface area contributed by atoms with E-state index < -0.39 is 5.97 Å². The third kappa shape index (κ3) is 3.79. The molecule has 0 aliphatic heterocycles. The Balaban J connectivity index is 1.85. The number of rotatable bonds is 6. The summed E-state index contributed by atoms with van der Waals surface area (Å²) >= 11 is 0. The van der Waals surface area contributed by atoms with Gasteiger partial charge in [-0.25, -0.2) is 15.0 Å². The highest BCUT2D eigenvalue weighted by molar-refractivity contribution is 6.09. The molecular weight excluding hydrogens is 332 g/mol. The molecule has 2 atom stereocenters. The number of hydrogen-bond donors (Lipinski definition) is 3. The van der Waals surface area contributed by atoms with Gasteiger partial charge in [0.15, 0.2) is 11.5 Å². The van der Waals surface area contributed by atoms with Crippen LogP contribution in [0.25, 0.3) is 16.7 Å². The summed E-state index contributed by atoms with van der Waals surface area (Å²) in [7, 11) is 0. The molecular formula is C18H22N6O2. The second-order valence-electron chi connectivity index (χ2n) is 6.43. The van der Waals surface area contributed by atoms with E-state index in [4.69, 9.17) is 5.11 Å². The van der Waals surface area contributed by atoms with E-state index in [1.54, 1.807) is 6.21 Å². The van der Waals surface area contributed by atoms with Gasteiger partial charge in [-0.2, -0.15) is 0 Å². The topological polar surface area (TPSA) is 116 Å². The molecule has 0 saturated heterocycles. The summed E-state index contributed by atoms with van der Waals surface area (Å²) in [5.74, 6) is 0.249. The van der Waals surface area contributed by atoms with Gasteiger partial charge >= 0.3 is 5.97 Å². The molecule has 3 rings (SSSR count). The minimum Gasteiger partial charge on any atom is -0.481 e. The van der Waals surface area contributed by atoms with Crippen molar-refractivity contribution in [2.75, 3.05) is 5.32 Å². The first-order valence-electron chi connectivity index (χ1n) is 8.54. The first-order valence-corrected chi connectivity index (χ1v) is 8.54. The zero-order valence-corrected chi connectivity index (χ0v) is 14.9. The van der Waals surface area contributed by atoms with Crippen LogP contribution in [0.2, 0.25) is 0 Å². The first-order chi connectivity index (χ1) is 12.5. The Morgan fingerprint density at radius 1 is 1.46 bits per heavy atom. The van der Waals surface area contributed by atoms with Crippen LogP contribution >= 0.6 is 0 Å². The molecule has 0 bridgehead atoms. The second kappa shape index (κ2) is 7.47. The van der Waals surface area contributed by atoms with Gasteiger partial charge < -0.3 is 15.4 Å². The average molecular weight is 354 g/mol. The lowest BCUT2D eigenvalue weighted by atomic mass is 10.1. The van der Waals surface area contributed by atoms with Crippen LogP contribution < -0.4 is 5.32 Å². The minimum atomic E-state index is -0.736. The molecule has 2 aromatic heterocycles. The monoisotopic (exact) mass is 354 g/mol. The first kappa shape index (κ1) is 17.8. The van der Waals surface area contributed by atoms with Crippen LogP contribution in [0.5, 0.6) is 0 Å². The highest BCUT2D eigenvalue weighted by Gasteiger charge is 2.30. The number of aromatic nitrogens is 4. The average Bonchev–Trinajstić information content (AvgIpc) is 3.22. The van der Waals surface area contributed by atoms with Gasteiger partial charge in [-0.3, -0.25) is 9.79 Å². The number of anilines is 1. The minimum absolute atomic E-state index is 0.0760. The van der Waals surface area contributed by atoms with Crippen LogP contribution in [0.4, 0.5) is 5.82 Å². The lowest BCUT2D eigenvalue weighted by Gasteiger charge is -2.13. The summed E-state index contributed by atoms with van der Waals surface area (Å²) in [6.07, 6.45) is 7.13. The quantitative estimate of drug-likeness (QED) is 0.687. The van der Waals surface area contributed by atoms with Crippen LogP contribution in [0.1, 0.15) is 38.9 Å². The summed E-state index contributed by atoms with van der Waals surface area (Å²) in [4.78, 5) is 31.6. The van der Waals surface area contributed by atoms with Crippen molar-refractivity contribution in [2.45, 2.75) is 39.2 Å². The Hall–Kier alpha value is -3.03. The van der Waals surface area contributed by atoms with Crippen molar-refractivity contribution in [3.8, 4) is 0 Å². The maximum Gasteiger partial charge on any atom is 0.306 e. The molecule has 2 aromatic rings. The Morgan fingerprint density at radius 2 is 2.27 bits per heavy atom. The molecule has 3 N–H and O–H groups in total. The van der Waals surface area contributed by atoms with Gasteiger partial charge in [0.1, 0.15) is 17.7 Å². The van der Waals surface area contributed by atoms with Crippen LogP contribution in [-0.2, 0) is 4.79 Å². The van der Waals surface area contributed by atoms with E-state index in [2.05, 4.69) is 36.8 Å². The number of aromatic amines is 1. The van der Waals surface area contributed by atoms with Gasteiger partial charge in [0.05, 0.1) is 5.92 Å². The summed E-state index contributed by atoms with van der Waals surface area (Å²) in [6.45, 7) is 7.48. The highest BCUT2D eigenvalue weighted by atomic mass is 16.4. The van der Waals surface area contributed by atoms with Crippen LogP contribution in [0.3, 0.4) is 0 Å². The Morgan fingerprint density at radius 3 is 2.92 bits per heavy atom. The standard InChI is InChI=1S/C18H22N6O2/c1-4-11(8-19-10(2)3)15-23-14-16(20-9-21-17(14)24-15)22-13-6-5-12(7-13)18(25)26/h4,8-9,12-13H,2,5-7H2,1,3H3,(H,25,26)(H2,20,21,22,23,24)/b11-4+,19-8?/t12-,13?/m0/s1. The third-order valence-electron chi connectivity index (χ3n) is 4.42. The molecule has 1 saturated carbocycles. The van der Waals surface area contributed by atoms with E-state index in [1.165, 1.54) is 6.33 Å². The molecule has 8 heteroatoms. The number of nitrogens with zero attached hydrogens (tertiary/aromatic N) is 4. The van der Waals surface area contributed by atoms with E-state index in [0.29, 0.717) is 41.3 Å². The van der Waals surface area contributed by atoms with Crippen molar-refractivity contribution in [3.05, 3.63) is 30.5 Å². The van der Waals surface area contributed by atoms with Crippen LogP contribution in [-0.4, -0.2) is 43.3 Å². The van der Waals surface area contributed by atoms with E-state index in [0.717, 1.165) is 12.0 Å². The number of aliphatic carboxylic acids is 1. The number of H-pyrrole nitrogens is 1. The fraction of sp³-hybridized carbons (Fsp3) is 0.389. The molecule has 0 amide bonds. The number of fused-ring (bicyclic) bond motifs is 1. The lowest BCUT2D eigenvalue weighted by Crippen LogP contribution is -2.18. The fourth-order valence-corrected chi connectivity index (χ4v) is 3.06. The third-order valence-corrected chi connectivity index (χ3v) is 4.42. The zero-order valence-electron chi connectivity index (χ0n) is 14.9. The molecule has 1 aliphatic carbocycles.